The number of pyridine rings is 1. The van der Waals surface area contributed by atoms with Crippen molar-refractivity contribution >= 4 is 23.2 Å². The molecule has 0 saturated carbocycles. The van der Waals surface area contributed by atoms with Crippen molar-refractivity contribution in [3.8, 4) is 11.4 Å². The van der Waals surface area contributed by atoms with Gasteiger partial charge in [0.1, 0.15) is 0 Å². The van der Waals surface area contributed by atoms with Crippen molar-refractivity contribution in [1.29, 1.82) is 0 Å². The fourth-order valence-corrected chi connectivity index (χ4v) is 3.82. The molecule has 4 aromatic rings. The van der Waals surface area contributed by atoms with Gasteiger partial charge in [-0.3, -0.25) is 14.6 Å². The number of nitrogens with one attached hydrogen (secondary N) is 1. The van der Waals surface area contributed by atoms with E-state index in [9.17, 15) is 9.59 Å². The van der Waals surface area contributed by atoms with Gasteiger partial charge in [0.25, 0.3) is 5.91 Å². The minimum atomic E-state index is -0.175. The minimum absolute atomic E-state index is 0.0424. The van der Waals surface area contributed by atoms with E-state index < -0.39 is 0 Å². The number of para-hydroxylation sites is 1. The van der Waals surface area contributed by atoms with Crippen LogP contribution in [0.5, 0.6) is 0 Å². The Kier molecular flexibility index (Phi) is 5.63. The minimum Gasteiger partial charge on any atom is -0.339 e. The summed E-state index contributed by atoms with van der Waals surface area (Å²) < 4.78 is 5.23. The van der Waals surface area contributed by atoms with Crippen LogP contribution in [0.25, 0.3) is 11.4 Å². The maximum atomic E-state index is 12.9. The van der Waals surface area contributed by atoms with E-state index in [-0.39, 0.29) is 18.2 Å². The molecule has 5 rings (SSSR count). The quantitative estimate of drug-likeness (QED) is 0.489. The molecule has 0 aliphatic carbocycles. The fraction of sp³-hybridized carbons (Fsp3) is 0.160. The SMILES string of the molecule is O=C(CCc1nc(-c2ccncc2)no1)Nc1ccc(C(=O)N2CCc3ccccc32)cc1. The Morgan fingerprint density at radius 1 is 1.00 bits per heavy atom. The van der Waals surface area contributed by atoms with E-state index in [1.54, 1.807) is 53.7 Å². The highest BCUT2D eigenvalue weighted by Gasteiger charge is 2.25. The molecule has 0 fully saturated rings. The van der Waals surface area contributed by atoms with Crippen molar-refractivity contribution in [1.82, 2.24) is 15.1 Å². The molecule has 2 aromatic heterocycles. The Labute approximate surface area is 190 Å². The molecule has 164 valence electrons. The smallest absolute Gasteiger partial charge is 0.258 e. The first kappa shape index (κ1) is 20.6. The number of carbonyl (C=O) groups excluding carboxylic acids is 2. The lowest BCUT2D eigenvalue weighted by molar-refractivity contribution is -0.116. The molecule has 1 N–H and O–H groups in total. The average Bonchev–Trinajstić information content (AvgIpc) is 3.51. The van der Waals surface area contributed by atoms with Gasteiger partial charge in [0.15, 0.2) is 0 Å². The molecular weight excluding hydrogens is 418 g/mol. The average molecular weight is 439 g/mol. The van der Waals surface area contributed by atoms with Gasteiger partial charge in [-0.15, -0.1) is 0 Å². The number of benzene rings is 2. The van der Waals surface area contributed by atoms with Gasteiger partial charge in [0.05, 0.1) is 0 Å². The van der Waals surface area contributed by atoms with Gasteiger partial charge in [-0.1, -0.05) is 23.4 Å². The second-order valence-corrected chi connectivity index (χ2v) is 7.71. The number of fused-ring (bicyclic) bond motifs is 1. The molecule has 2 amide bonds. The monoisotopic (exact) mass is 439 g/mol. The summed E-state index contributed by atoms with van der Waals surface area (Å²) >= 11 is 0. The van der Waals surface area contributed by atoms with Crippen LogP contribution in [0.4, 0.5) is 11.4 Å². The van der Waals surface area contributed by atoms with Crippen molar-refractivity contribution in [2.45, 2.75) is 19.3 Å². The van der Waals surface area contributed by atoms with Crippen LogP contribution in [0, 0.1) is 0 Å². The summed E-state index contributed by atoms with van der Waals surface area (Å²) in [5, 5.41) is 6.78. The Bertz CT molecular complexity index is 1280. The molecule has 8 heteroatoms. The number of carbonyl (C=O) groups is 2. The summed E-state index contributed by atoms with van der Waals surface area (Å²) in [6.07, 6.45) is 4.70. The highest BCUT2D eigenvalue weighted by Crippen LogP contribution is 2.29. The van der Waals surface area contributed by atoms with Crippen molar-refractivity contribution in [3.05, 3.63) is 90.1 Å². The first-order valence-corrected chi connectivity index (χ1v) is 10.7. The number of hydrogen-bond donors (Lipinski definition) is 1. The predicted octanol–water partition coefficient (Wildman–Crippen LogP) is 3.91. The van der Waals surface area contributed by atoms with Crippen LogP contribution in [0.3, 0.4) is 0 Å². The van der Waals surface area contributed by atoms with Crippen LogP contribution >= 0.6 is 0 Å². The van der Waals surface area contributed by atoms with Crippen LogP contribution in [0.1, 0.15) is 28.2 Å². The molecule has 3 heterocycles. The first-order valence-electron chi connectivity index (χ1n) is 10.7. The van der Waals surface area contributed by atoms with E-state index in [4.69, 9.17) is 4.52 Å². The standard InChI is InChI=1S/C25H21N5O3/c31-22(9-10-23-28-24(29-33-23)18-11-14-26-15-12-18)27-20-7-5-19(6-8-20)25(32)30-16-13-17-3-1-2-4-21(17)30/h1-8,11-12,14-15H,9-10,13,16H2,(H,27,31). The van der Waals surface area contributed by atoms with E-state index in [0.29, 0.717) is 35.9 Å². The van der Waals surface area contributed by atoms with Crippen LogP contribution in [0.2, 0.25) is 0 Å². The number of amides is 2. The van der Waals surface area contributed by atoms with Gasteiger partial charge in [0, 0.05) is 54.3 Å². The van der Waals surface area contributed by atoms with Crippen molar-refractivity contribution in [2.24, 2.45) is 0 Å². The van der Waals surface area contributed by atoms with Crippen LogP contribution < -0.4 is 10.2 Å². The zero-order valence-corrected chi connectivity index (χ0v) is 17.8. The molecule has 33 heavy (non-hydrogen) atoms. The van der Waals surface area contributed by atoms with Crippen molar-refractivity contribution in [3.63, 3.8) is 0 Å². The van der Waals surface area contributed by atoms with Crippen LogP contribution in [0.15, 0.2) is 77.6 Å². The normalized spacial score (nSPS) is 12.4. The molecule has 1 aliphatic heterocycles. The highest BCUT2D eigenvalue weighted by atomic mass is 16.5. The second kappa shape index (κ2) is 9.04. The zero-order valence-electron chi connectivity index (χ0n) is 17.8. The Hall–Kier alpha value is -4.33. The van der Waals surface area contributed by atoms with E-state index in [1.807, 2.05) is 18.2 Å². The lowest BCUT2D eigenvalue weighted by Gasteiger charge is -2.17. The number of hydrogen-bond acceptors (Lipinski definition) is 6. The molecule has 0 bridgehead atoms. The molecule has 8 nitrogen and oxygen atoms in total. The van der Waals surface area contributed by atoms with Crippen LogP contribution in [-0.4, -0.2) is 33.5 Å². The molecule has 0 radical (unpaired) electrons. The Morgan fingerprint density at radius 2 is 1.79 bits per heavy atom. The first-order chi connectivity index (χ1) is 16.2. The highest BCUT2D eigenvalue weighted by molar-refractivity contribution is 6.07. The summed E-state index contributed by atoms with van der Waals surface area (Å²) in [7, 11) is 0. The third-order valence-corrected chi connectivity index (χ3v) is 5.52. The molecule has 0 spiro atoms. The van der Waals surface area contributed by atoms with E-state index >= 15 is 0 Å². The summed E-state index contributed by atoms with van der Waals surface area (Å²) in [6.45, 7) is 0.676. The second-order valence-electron chi connectivity index (χ2n) is 7.71. The number of rotatable bonds is 6. The summed E-state index contributed by atoms with van der Waals surface area (Å²) in [4.78, 5) is 35.3. The number of aromatic nitrogens is 3. The van der Waals surface area contributed by atoms with Gasteiger partial charge in [0.2, 0.25) is 17.6 Å². The topological polar surface area (TPSA) is 101 Å². The van der Waals surface area contributed by atoms with Gasteiger partial charge >= 0.3 is 0 Å². The molecule has 0 atom stereocenters. The lowest BCUT2D eigenvalue weighted by atomic mass is 10.1. The Morgan fingerprint density at radius 3 is 2.61 bits per heavy atom. The zero-order chi connectivity index (χ0) is 22.6. The summed E-state index contributed by atoms with van der Waals surface area (Å²) in [5.41, 5.74) is 4.16. The van der Waals surface area contributed by atoms with Crippen molar-refractivity contribution in [2.75, 3.05) is 16.8 Å². The van der Waals surface area contributed by atoms with Crippen molar-refractivity contribution < 1.29 is 14.1 Å². The van der Waals surface area contributed by atoms with E-state index in [2.05, 4.69) is 26.5 Å². The van der Waals surface area contributed by atoms with E-state index in [0.717, 1.165) is 17.7 Å². The van der Waals surface area contributed by atoms with Gasteiger partial charge in [-0.2, -0.15) is 4.98 Å². The third-order valence-electron chi connectivity index (χ3n) is 5.52. The van der Waals surface area contributed by atoms with Gasteiger partial charge in [-0.05, 0) is 54.4 Å². The fourth-order valence-electron chi connectivity index (χ4n) is 3.82. The maximum Gasteiger partial charge on any atom is 0.258 e. The molecular formula is C25H21N5O3. The number of aryl methyl sites for hydroxylation is 1. The summed E-state index contributed by atoms with van der Waals surface area (Å²) in [6, 6.07) is 18.5. The maximum absolute atomic E-state index is 12.9. The largest absolute Gasteiger partial charge is 0.339 e. The third kappa shape index (κ3) is 4.50. The number of anilines is 2. The van der Waals surface area contributed by atoms with Gasteiger partial charge in [-0.25, -0.2) is 0 Å². The summed E-state index contributed by atoms with van der Waals surface area (Å²) in [5.74, 6) is 0.642. The predicted molar refractivity (Wildman–Crippen MR) is 123 cm³/mol. The Balaban J connectivity index is 1.16. The molecule has 0 unspecified atom stereocenters. The van der Waals surface area contributed by atoms with Crippen LogP contribution in [-0.2, 0) is 17.6 Å². The number of nitrogens with zero attached hydrogens (tertiary/aromatic N) is 4. The molecule has 2 aromatic carbocycles. The molecule has 1 aliphatic rings. The van der Waals surface area contributed by atoms with E-state index in [1.165, 1.54) is 5.56 Å². The van der Waals surface area contributed by atoms with Gasteiger partial charge < -0.3 is 14.7 Å². The molecule has 0 saturated heterocycles. The lowest BCUT2D eigenvalue weighted by Crippen LogP contribution is -2.28.